The molecule has 0 N–H and O–H groups in total. The van der Waals surface area contributed by atoms with Crippen molar-refractivity contribution >= 4 is 170 Å². The number of hydrogen-bond donors (Lipinski definition) is 0. The summed E-state index contributed by atoms with van der Waals surface area (Å²) in [5.74, 6) is 0. The second-order valence-corrected chi connectivity index (χ2v) is 0. The molecule has 0 aliphatic carbocycles. The molecule has 0 saturated carbocycles. The first kappa shape index (κ1) is 31.1. The van der Waals surface area contributed by atoms with Gasteiger partial charge in [0.25, 0.3) is 0 Å². The van der Waals surface area contributed by atoms with Gasteiger partial charge in [-0.15, -0.1) is 0 Å². The van der Waals surface area contributed by atoms with Crippen LogP contribution in [0.4, 0.5) is 0 Å². The zero-order valence-corrected chi connectivity index (χ0v) is 16.1. The Morgan fingerprint density at radius 1 is 0.400 bits per heavy atom. The van der Waals surface area contributed by atoms with Crippen LogP contribution in [-0.4, -0.2) is 170 Å². The van der Waals surface area contributed by atoms with Crippen LogP contribution in [-0.2, 0) is 0 Å². The molecule has 0 heterocycles. The molecule has 0 rings (SSSR count). The van der Waals surface area contributed by atoms with Gasteiger partial charge in [-0.1, -0.05) is 0 Å². The first-order valence-corrected chi connectivity index (χ1v) is 0. The third-order valence-corrected chi connectivity index (χ3v) is 0. The van der Waals surface area contributed by atoms with Crippen LogP contribution in [0.25, 0.3) is 0 Å². The average Bonchev–Trinajstić information content (AvgIpc) is 0. The predicted molar refractivity (Wildman–Crippen MR) is 28.8 cm³/mol. The van der Waals surface area contributed by atoms with E-state index in [1.54, 1.807) is 0 Å². The first-order valence-electron chi connectivity index (χ1n) is 0. The van der Waals surface area contributed by atoms with Gasteiger partial charge in [0.1, 0.15) is 0 Å². The molecule has 0 aromatic carbocycles. The van der Waals surface area contributed by atoms with Crippen molar-refractivity contribution in [2.75, 3.05) is 0 Å². The van der Waals surface area contributed by atoms with Gasteiger partial charge in [0.2, 0.25) is 0 Å². The van der Waals surface area contributed by atoms with Gasteiger partial charge in [0.05, 0.1) is 0 Å². The van der Waals surface area contributed by atoms with Crippen LogP contribution in [0.2, 0.25) is 0 Å². The van der Waals surface area contributed by atoms with Crippen LogP contribution in [0.15, 0.2) is 0 Å². The molecule has 0 aliphatic rings. The van der Waals surface area contributed by atoms with Crippen molar-refractivity contribution in [1.82, 2.24) is 0 Å². The normalized spacial score (nSPS) is 0. The van der Waals surface area contributed by atoms with Crippen LogP contribution >= 0.6 is 0 Å². The van der Waals surface area contributed by atoms with Crippen molar-refractivity contribution in [2.24, 2.45) is 0 Å². The zero-order valence-electron chi connectivity index (χ0n) is 5.00. The third-order valence-electron chi connectivity index (χ3n) is 0. The largest absolute Gasteiger partial charge is 0 e. The van der Waals surface area contributed by atoms with Gasteiger partial charge in [-0.25, -0.2) is 0 Å². The van der Waals surface area contributed by atoms with Gasteiger partial charge in [-0.3, -0.25) is 0 Å². The summed E-state index contributed by atoms with van der Waals surface area (Å²) >= 11 is 0. The summed E-state index contributed by atoms with van der Waals surface area (Å²) in [6, 6.07) is 0. The minimum absolute atomic E-state index is 0. The van der Waals surface area contributed by atoms with Crippen LogP contribution < -0.4 is 0 Å². The summed E-state index contributed by atoms with van der Waals surface area (Å²) in [6.07, 6.45) is 0. The molecule has 0 saturated heterocycles. The van der Waals surface area contributed by atoms with E-state index in [1.165, 1.54) is 0 Å². The molecular weight excluding hydrogens is 131 g/mol. The molecular formula is KNa4. The minimum atomic E-state index is 0. The van der Waals surface area contributed by atoms with Crippen LogP contribution in [0.5, 0.6) is 0 Å². The maximum absolute atomic E-state index is 0. The maximum atomic E-state index is 0. The van der Waals surface area contributed by atoms with E-state index >= 15 is 0 Å². The Bertz CT molecular complexity index is 3.61. The van der Waals surface area contributed by atoms with Gasteiger partial charge in [-0.05, 0) is 0 Å². The number of rotatable bonds is 0. The molecule has 0 amide bonds. The Morgan fingerprint density at radius 2 is 0.400 bits per heavy atom. The van der Waals surface area contributed by atoms with Crippen molar-refractivity contribution in [3.05, 3.63) is 0 Å². The third kappa shape index (κ3) is 17.7. The topological polar surface area (TPSA) is 0 Å². The SMILES string of the molecule is [K].[Na].[Na].[Na].[Na]. The van der Waals surface area contributed by atoms with Crippen molar-refractivity contribution < 1.29 is 0 Å². The minimum Gasteiger partial charge on any atom is 0 e. The van der Waals surface area contributed by atoms with E-state index in [9.17, 15) is 0 Å². The molecule has 5 heteroatoms. The van der Waals surface area contributed by atoms with Gasteiger partial charge in [0.15, 0.2) is 0 Å². The molecule has 0 nitrogen and oxygen atoms in total. The molecule has 0 atom stereocenters. The number of hydrogen-bond acceptors (Lipinski definition) is 0. The molecule has 5 radical (unpaired) electrons. The van der Waals surface area contributed by atoms with E-state index in [1.807, 2.05) is 0 Å². The molecule has 0 unspecified atom stereocenters. The summed E-state index contributed by atoms with van der Waals surface area (Å²) in [6.45, 7) is 0. The van der Waals surface area contributed by atoms with Crippen LogP contribution in [0.3, 0.4) is 0 Å². The van der Waals surface area contributed by atoms with Gasteiger partial charge >= 0.3 is 0 Å². The summed E-state index contributed by atoms with van der Waals surface area (Å²) in [7, 11) is 0. The molecule has 0 fully saturated rings. The Balaban J connectivity index is 0. The molecule has 0 bridgehead atoms. The van der Waals surface area contributed by atoms with E-state index in [2.05, 4.69) is 0 Å². The Morgan fingerprint density at radius 3 is 0.400 bits per heavy atom. The van der Waals surface area contributed by atoms with E-state index in [-0.39, 0.29) is 170 Å². The second kappa shape index (κ2) is 22.6. The van der Waals surface area contributed by atoms with Crippen molar-refractivity contribution in [2.45, 2.75) is 0 Å². The molecule has 0 aromatic rings. The summed E-state index contributed by atoms with van der Waals surface area (Å²) in [5, 5.41) is 0. The molecule has 0 spiro atoms. The fraction of sp³-hybridized carbons (Fsp3) is 0. The van der Waals surface area contributed by atoms with Gasteiger partial charge < -0.3 is 0 Å². The molecule has 5 heavy (non-hydrogen) atoms. The summed E-state index contributed by atoms with van der Waals surface area (Å²) < 4.78 is 0. The second-order valence-electron chi connectivity index (χ2n) is 0. The monoisotopic (exact) mass is 131 g/mol. The Kier molecular flexibility index (Phi) is 141. The van der Waals surface area contributed by atoms with E-state index in [4.69, 9.17) is 0 Å². The summed E-state index contributed by atoms with van der Waals surface area (Å²) in [4.78, 5) is 0. The molecule has 0 aromatic heterocycles. The van der Waals surface area contributed by atoms with E-state index in [0.717, 1.165) is 0 Å². The van der Waals surface area contributed by atoms with E-state index in [0.29, 0.717) is 0 Å². The Labute approximate surface area is 164 Å². The average molecular weight is 131 g/mol. The van der Waals surface area contributed by atoms with Crippen LogP contribution in [0, 0.1) is 0 Å². The smallest absolute Gasteiger partial charge is 0 e. The van der Waals surface area contributed by atoms with Crippen molar-refractivity contribution in [3.8, 4) is 0 Å². The fourth-order valence-electron chi connectivity index (χ4n) is 0. The van der Waals surface area contributed by atoms with E-state index < -0.39 is 0 Å². The fourth-order valence-corrected chi connectivity index (χ4v) is 0. The summed E-state index contributed by atoms with van der Waals surface area (Å²) in [5.41, 5.74) is 0. The van der Waals surface area contributed by atoms with Crippen molar-refractivity contribution in [3.63, 3.8) is 0 Å². The standard InChI is InChI=1S/K.4Na. The first-order chi connectivity index (χ1) is 0. The van der Waals surface area contributed by atoms with Gasteiger partial charge in [0, 0.05) is 170 Å². The van der Waals surface area contributed by atoms with Crippen LogP contribution in [0.1, 0.15) is 0 Å². The predicted octanol–water partition coefficient (Wildman–Crippen LogP) is -1.90. The van der Waals surface area contributed by atoms with Crippen molar-refractivity contribution in [1.29, 1.82) is 0 Å². The Hall–Kier alpha value is 5.64. The maximum Gasteiger partial charge on any atom is 0 e. The zero-order chi connectivity index (χ0) is 0. The molecule has 5 valence electrons. The van der Waals surface area contributed by atoms with Gasteiger partial charge in [-0.2, -0.15) is 0 Å². The quantitative estimate of drug-likeness (QED) is 0.337. The molecule has 0 aliphatic heterocycles.